The van der Waals surface area contributed by atoms with E-state index in [0.717, 1.165) is 23.2 Å². The van der Waals surface area contributed by atoms with Gasteiger partial charge in [0.05, 0.1) is 0 Å². The summed E-state index contributed by atoms with van der Waals surface area (Å²) in [6.45, 7) is 16.9. The van der Waals surface area contributed by atoms with E-state index in [1.54, 1.807) is 0 Å². The Morgan fingerprint density at radius 3 is 2.17 bits per heavy atom. The molecule has 4 atom stereocenters. The van der Waals surface area contributed by atoms with Gasteiger partial charge in [-0.1, -0.05) is 67.7 Å². The van der Waals surface area contributed by atoms with Gasteiger partial charge in [0.1, 0.15) is 0 Å². The van der Waals surface area contributed by atoms with E-state index in [2.05, 4.69) is 48.5 Å². The third-order valence-corrected chi connectivity index (χ3v) is 5.16. The molecule has 1 fully saturated rings. The van der Waals surface area contributed by atoms with E-state index in [1.807, 2.05) is 0 Å². The molecule has 0 spiro atoms. The first-order chi connectivity index (χ1) is 8.25. The van der Waals surface area contributed by atoms with Crippen LogP contribution in [-0.2, 0) is 0 Å². The normalized spacial score (nSPS) is 31.2. The lowest BCUT2D eigenvalue weighted by atomic mass is 9.74. The average Bonchev–Trinajstić information content (AvgIpc) is 2.90. The molecule has 4 unspecified atom stereocenters. The molecule has 1 aliphatic carbocycles. The maximum atomic E-state index is 2.52. The highest BCUT2D eigenvalue weighted by Crippen LogP contribution is 2.64. The first-order valence-corrected chi connectivity index (χ1v) is 8.25. The van der Waals surface area contributed by atoms with Gasteiger partial charge in [-0.3, -0.25) is 0 Å². The lowest BCUT2D eigenvalue weighted by Gasteiger charge is -2.31. The van der Waals surface area contributed by atoms with Crippen molar-refractivity contribution in [1.82, 2.24) is 0 Å². The highest BCUT2D eigenvalue weighted by molar-refractivity contribution is 5.04. The quantitative estimate of drug-likeness (QED) is 0.498. The lowest BCUT2D eigenvalue weighted by Crippen LogP contribution is -2.21. The first kappa shape index (κ1) is 16.1. The van der Waals surface area contributed by atoms with Crippen molar-refractivity contribution >= 4 is 0 Å². The molecule has 0 aromatic heterocycles. The van der Waals surface area contributed by atoms with Gasteiger partial charge in [0.25, 0.3) is 0 Å². The van der Waals surface area contributed by atoms with Gasteiger partial charge in [0.2, 0.25) is 0 Å². The van der Waals surface area contributed by atoms with Gasteiger partial charge in [-0.25, -0.2) is 0 Å². The van der Waals surface area contributed by atoms with Gasteiger partial charge >= 0.3 is 0 Å². The van der Waals surface area contributed by atoms with E-state index < -0.39 is 0 Å². The van der Waals surface area contributed by atoms with E-state index in [1.165, 1.54) is 38.5 Å². The molecule has 1 rings (SSSR count). The summed E-state index contributed by atoms with van der Waals surface area (Å²) in [5.41, 5.74) is 1.21. The van der Waals surface area contributed by atoms with Crippen LogP contribution in [0.5, 0.6) is 0 Å². The van der Waals surface area contributed by atoms with Gasteiger partial charge in [-0.05, 0) is 47.8 Å². The molecule has 1 saturated carbocycles. The summed E-state index contributed by atoms with van der Waals surface area (Å²) >= 11 is 0. The second-order valence-corrected chi connectivity index (χ2v) is 8.31. The smallest absolute Gasteiger partial charge is 0.0238 e. The minimum Gasteiger partial charge on any atom is -0.0654 e. The van der Waals surface area contributed by atoms with Gasteiger partial charge < -0.3 is 0 Å². The number of rotatable bonds is 7. The second-order valence-electron chi connectivity index (χ2n) is 8.31. The Balaban J connectivity index is 2.59. The molecule has 0 aromatic rings. The topological polar surface area (TPSA) is 0 Å². The fourth-order valence-electron chi connectivity index (χ4n) is 4.49. The second kappa shape index (κ2) is 5.97. The Morgan fingerprint density at radius 2 is 1.78 bits per heavy atom. The number of hydrogen-bond acceptors (Lipinski definition) is 0. The van der Waals surface area contributed by atoms with E-state index in [4.69, 9.17) is 0 Å². The van der Waals surface area contributed by atoms with Crippen LogP contribution in [0, 0.1) is 28.6 Å². The maximum absolute atomic E-state index is 2.52. The van der Waals surface area contributed by atoms with E-state index in [-0.39, 0.29) is 0 Å². The largest absolute Gasteiger partial charge is 0.0654 e. The molecule has 0 bridgehead atoms. The van der Waals surface area contributed by atoms with Crippen LogP contribution in [0.25, 0.3) is 0 Å². The molecule has 0 saturated heterocycles. The minimum absolute atomic E-state index is 0.491. The summed E-state index contributed by atoms with van der Waals surface area (Å²) in [6.07, 6.45) is 8.55. The molecule has 0 heteroatoms. The third kappa shape index (κ3) is 4.00. The lowest BCUT2D eigenvalue weighted by molar-refractivity contribution is 0.192. The van der Waals surface area contributed by atoms with Crippen LogP contribution < -0.4 is 0 Å². The van der Waals surface area contributed by atoms with Gasteiger partial charge in [0, 0.05) is 0 Å². The van der Waals surface area contributed by atoms with Crippen LogP contribution in [0.3, 0.4) is 0 Å². The Kier molecular flexibility index (Phi) is 5.32. The van der Waals surface area contributed by atoms with Crippen LogP contribution in [0.2, 0.25) is 0 Å². The van der Waals surface area contributed by atoms with Crippen molar-refractivity contribution in [3.8, 4) is 0 Å². The Bertz CT molecular complexity index is 247. The van der Waals surface area contributed by atoms with Crippen LogP contribution in [0.4, 0.5) is 0 Å². The maximum Gasteiger partial charge on any atom is -0.0238 e. The van der Waals surface area contributed by atoms with Crippen LogP contribution in [-0.4, -0.2) is 0 Å². The molecule has 0 aliphatic heterocycles. The van der Waals surface area contributed by atoms with E-state index >= 15 is 0 Å². The van der Waals surface area contributed by atoms with Crippen molar-refractivity contribution in [2.24, 2.45) is 28.6 Å². The summed E-state index contributed by atoms with van der Waals surface area (Å²) in [6, 6.07) is 0. The fraction of sp³-hybridized carbons (Fsp3) is 1.00. The molecule has 0 amide bonds. The summed E-state index contributed by atoms with van der Waals surface area (Å²) in [4.78, 5) is 0. The van der Waals surface area contributed by atoms with Crippen LogP contribution in [0.1, 0.15) is 87.0 Å². The molecule has 0 aromatic carbocycles. The highest BCUT2D eigenvalue weighted by atomic mass is 14.6. The minimum atomic E-state index is 0.491. The first-order valence-electron chi connectivity index (χ1n) is 8.25. The molecular formula is C18H36. The molecule has 0 N–H and O–H groups in total. The van der Waals surface area contributed by atoms with E-state index in [9.17, 15) is 0 Å². The van der Waals surface area contributed by atoms with Crippen molar-refractivity contribution in [2.45, 2.75) is 87.0 Å². The SMILES string of the molecule is CCCC(C)C1(CC(C)CC(C)(C)C)CC1CC. The van der Waals surface area contributed by atoms with Crippen molar-refractivity contribution in [2.75, 3.05) is 0 Å². The molecular weight excluding hydrogens is 216 g/mol. The molecule has 1 aliphatic rings. The zero-order valence-electron chi connectivity index (χ0n) is 14.0. The molecule has 0 heterocycles. The van der Waals surface area contributed by atoms with Crippen LogP contribution in [0.15, 0.2) is 0 Å². The van der Waals surface area contributed by atoms with Crippen molar-refractivity contribution in [3.05, 3.63) is 0 Å². The molecule has 0 radical (unpaired) electrons. The van der Waals surface area contributed by atoms with Gasteiger partial charge in [-0.2, -0.15) is 0 Å². The third-order valence-electron chi connectivity index (χ3n) is 5.16. The monoisotopic (exact) mass is 252 g/mol. The molecule has 108 valence electrons. The standard InChI is InChI=1S/C18H36/c1-8-10-15(4)18(13-16(18)9-2)12-14(3)11-17(5,6)7/h14-16H,8-13H2,1-7H3. The van der Waals surface area contributed by atoms with Gasteiger partial charge in [-0.15, -0.1) is 0 Å². The Hall–Kier alpha value is 0. The predicted octanol–water partition coefficient (Wildman–Crippen LogP) is 6.30. The average molecular weight is 252 g/mol. The zero-order valence-corrected chi connectivity index (χ0v) is 14.0. The Labute approximate surface area is 116 Å². The summed E-state index contributed by atoms with van der Waals surface area (Å²) in [5, 5.41) is 0. The summed E-state index contributed by atoms with van der Waals surface area (Å²) in [7, 11) is 0. The Morgan fingerprint density at radius 1 is 1.17 bits per heavy atom. The van der Waals surface area contributed by atoms with E-state index in [0.29, 0.717) is 5.41 Å². The van der Waals surface area contributed by atoms with Crippen LogP contribution >= 0.6 is 0 Å². The van der Waals surface area contributed by atoms with Crippen molar-refractivity contribution < 1.29 is 0 Å². The number of hydrogen-bond donors (Lipinski definition) is 0. The summed E-state index contributed by atoms with van der Waals surface area (Å²) < 4.78 is 0. The molecule has 18 heavy (non-hydrogen) atoms. The summed E-state index contributed by atoms with van der Waals surface area (Å²) in [5.74, 6) is 2.86. The van der Waals surface area contributed by atoms with Gasteiger partial charge in [0.15, 0.2) is 0 Å². The van der Waals surface area contributed by atoms with Crippen molar-refractivity contribution in [1.29, 1.82) is 0 Å². The zero-order chi connectivity index (χ0) is 14.0. The van der Waals surface area contributed by atoms with Crippen molar-refractivity contribution in [3.63, 3.8) is 0 Å². The highest BCUT2D eigenvalue weighted by Gasteiger charge is 2.55. The predicted molar refractivity (Wildman–Crippen MR) is 82.8 cm³/mol. The fourth-order valence-corrected chi connectivity index (χ4v) is 4.49. The molecule has 0 nitrogen and oxygen atoms in total.